The third-order valence-electron chi connectivity index (χ3n) is 3.58. The maximum Gasteiger partial charge on any atom is 0.242 e. The maximum atomic E-state index is 12.5. The van der Waals surface area contributed by atoms with E-state index in [0.717, 1.165) is 10.9 Å². The van der Waals surface area contributed by atoms with Gasteiger partial charge in [0.05, 0.1) is 5.52 Å². The Morgan fingerprint density at radius 1 is 1.33 bits per heavy atom. The summed E-state index contributed by atoms with van der Waals surface area (Å²) >= 11 is 0. The van der Waals surface area contributed by atoms with Crippen LogP contribution in [0.15, 0.2) is 35.4 Å². The van der Waals surface area contributed by atoms with Crippen molar-refractivity contribution in [3.05, 3.63) is 36.0 Å². The van der Waals surface area contributed by atoms with Crippen LogP contribution in [-0.2, 0) is 10.0 Å². The molecule has 114 valence electrons. The first-order valence-electron chi connectivity index (χ1n) is 6.83. The molecule has 1 heterocycles. The first-order chi connectivity index (χ1) is 9.85. The number of pyridine rings is 1. The van der Waals surface area contributed by atoms with Gasteiger partial charge in [0, 0.05) is 24.2 Å². The van der Waals surface area contributed by atoms with E-state index < -0.39 is 10.0 Å². The molecular formula is C15H20N2O3S. The third-order valence-corrected chi connectivity index (χ3v) is 5.17. The molecule has 2 unspecified atom stereocenters. The lowest BCUT2D eigenvalue weighted by Crippen LogP contribution is -2.38. The molecule has 0 amide bonds. The highest BCUT2D eigenvalue weighted by Gasteiger charge is 2.23. The van der Waals surface area contributed by atoms with Gasteiger partial charge in [-0.1, -0.05) is 19.1 Å². The Kier molecular flexibility index (Phi) is 4.61. The van der Waals surface area contributed by atoms with Crippen LogP contribution in [0.3, 0.4) is 0 Å². The minimum absolute atomic E-state index is 0.0727. The van der Waals surface area contributed by atoms with Crippen LogP contribution in [0.2, 0.25) is 0 Å². The van der Waals surface area contributed by atoms with Crippen molar-refractivity contribution in [1.82, 2.24) is 9.71 Å². The van der Waals surface area contributed by atoms with Gasteiger partial charge in [0.15, 0.2) is 0 Å². The van der Waals surface area contributed by atoms with Gasteiger partial charge in [-0.25, -0.2) is 13.1 Å². The number of para-hydroxylation sites is 1. The van der Waals surface area contributed by atoms with Crippen molar-refractivity contribution in [2.75, 3.05) is 6.61 Å². The molecule has 0 bridgehead atoms. The molecule has 2 N–H and O–H groups in total. The van der Waals surface area contributed by atoms with Gasteiger partial charge in [-0.3, -0.25) is 4.98 Å². The van der Waals surface area contributed by atoms with Crippen LogP contribution < -0.4 is 4.72 Å². The average Bonchev–Trinajstić information content (AvgIpc) is 2.44. The largest absolute Gasteiger partial charge is 0.396 e. The molecule has 0 aliphatic heterocycles. The molecule has 0 aliphatic carbocycles. The zero-order valence-electron chi connectivity index (χ0n) is 12.4. The normalized spacial score (nSPS) is 15.0. The van der Waals surface area contributed by atoms with Crippen molar-refractivity contribution in [1.29, 1.82) is 0 Å². The first kappa shape index (κ1) is 15.9. The summed E-state index contributed by atoms with van der Waals surface area (Å²) in [6.07, 6.45) is 1.65. The summed E-state index contributed by atoms with van der Waals surface area (Å²) in [5.74, 6) is -0.162. The molecule has 1 aromatic heterocycles. The Morgan fingerprint density at radius 2 is 2.05 bits per heavy atom. The first-order valence-corrected chi connectivity index (χ1v) is 8.32. The molecule has 0 saturated heterocycles. The second-order valence-electron chi connectivity index (χ2n) is 5.41. The monoisotopic (exact) mass is 308 g/mol. The molecule has 0 radical (unpaired) electrons. The van der Waals surface area contributed by atoms with Crippen molar-refractivity contribution in [3.63, 3.8) is 0 Å². The fraction of sp³-hybridized carbons (Fsp3) is 0.400. The number of aliphatic hydroxyl groups is 1. The van der Waals surface area contributed by atoms with E-state index in [1.807, 2.05) is 19.1 Å². The number of fused-ring (bicyclic) bond motifs is 1. The lowest BCUT2D eigenvalue weighted by atomic mass is 10.1. The molecule has 0 saturated carbocycles. The summed E-state index contributed by atoms with van der Waals surface area (Å²) in [4.78, 5) is 4.41. The molecule has 0 fully saturated rings. The molecule has 2 rings (SSSR count). The third kappa shape index (κ3) is 3.40. The Labute approximate surface area is 125 Å². The fourth-order valence-electron chi connectivity index (χ4n) is 2.04. The topological polar surface area (TPSA) is 79.3 Å². The summed E-state index contributed by atoms with van der Waals surface area (Å²) in [6, 6.07) is 6.64. The quantitative estimate of drug-likeness (QED) is 0.883. The Balaban J connectivity index is 2.45. The maximum absolute atomic E-state index is 12.5. The number of rotatable bonds is 5. The zero-order valence-corrected chi connectivity index (χ0v) is 13.2. The highest BCUT2D eigenvalue weighted by Crippen LogP contribution is 2.22. The number of aryl methyl sites for hydroxylation is 1. The summed E-state index contributed by atoms with van der Waals surface area (Å²) in [5.41, 5.74) is 1.44. The highest BCUT2D eigenvalue weighted by atomic mass is 32.2. The molecule has 0 spiro atoms. The average molecular weight is 308 g/mol. The highest BCUT2D eigenvalue weighted by molar-refractivity contribution is 7.89. The van der Waals surface area contributed by atoms with Gasteiger partial charge in [0.25, 0.3) is 0 Å². The number of aliphatic hydroxyl groups excluding tert-OH is 1. The number of benzene rings is 1. The van der Waals surface area contributed by atoms with Gasteiger partial charge in [-0.15, -0.1) is 0 Å². The smallest absolute Gasteiger partial charge is 0.242 e. The van der Waals surface area contributed by atoms with E-state index in [4.69, 9.17) is 5.11 Å². The fourth-order valence-corrected chi connectivity index (χ4v) is 3.57. The number of nitrogens with zero attached hydrogens (tertiary/aromatic N) is 1. The van der Waals surface area contributed by atoms with Crippen LogP contribution in [0.25, 0.3) is 10.9 Å². The van der Waals surface area contributed by atoms with Gasteiger partial charge in [0.2, 0.25) is 10.0 Å². The minimum Gasteiger partial charge on any atom is -0.396 e. The number of nitrogens with one attached hydrogen (secondary N) is 1. The van der Waals surface area contributed by atoms with E-state index in [2.05, 4.69) is 9.71 Å². The standard InChI is InChI=1S/C15H20N2O3S/c1-10-7-13-5-4-6-14(15(13)16-8-10)21(19,20)17-12(3)11(2)9-18/h4-8,11-12,17-18H,9H2,1-3H3. The second kappa shape index (κ2) is 6.09. The van der Waals surface area contributed by atoms with Gasteiger partial charge >= 0.3 is 0 Å². The SMILES string of the molecule is Cc1cnc2c(S(=O)(=O)NC(C)C(C)CO)cccc2c1. The number of hydrogen-bond acceptors (Lipinski definition) is 4. The number of hydrogen-bond donors (Lipinski definition) is 2. The van der Waals surface area contributed by atoms with Crippen LogP contribution in [0.5, 0.6) is 0 Å². The van der Waals surface area contributed by atoms with E-state index in [9.17, 15) is 8.42 Å². The van der Waals surface area contributed by atoms with Crippen LogP contribution in [0, 0.1) is 12.8 Å². The summed E-state index contributed by atoms with van der Waals surface area (Å²) in [7, 11) is -3.68. The Bertz CT molecular complexity index is 744. The van der Waals surface area contributed by atoms with Crippen molar-refractivity contribution in [2.24, 2.45) is 5.92 Å². The van der Waals surface area contributed by atoms with E-state index in [1.165, 1.54) is 0 Å². The van der Waals surface area contributed by atoms with E-state index >= 15 is 0 Å². The number of sulfonamides is 1. The summed E-state index contributed by atoms with van der Waals surface area (Å²) in [6.45, 7) is 5.37. The predicted molar refractivity (Wildman–Crippen MR) is 82.5 cm³/mol. The molecule has 0 aliphatic rings. The molecule has 5 nitrogen and oxygen atoms in total. The predicted octanol–water partition coefficient (Wildman–Crippen LogP) is 1.84. The Morgan fingerprint density at radius 3 is 2.71 bits per heavy atom. The van der Waals surface area contributed by atoms with E-state index in [1.54, 1.807) is 32.2 Å². The molecule has 21 heavy (non-hydrogen) atoms. The van der Waals surface area contributed by atoms with Crippen molar-refractivity contribution >= 4 is 20.9 Å². The molecular weight excluding hydrogens is 288 g/mol. The lowest BCUT2D eigenvalue weighted by Gasteiger charge is -2.19. The van der Waals surface area contributed by atoms with Crippen LogP contribution in [0.1, 0.15) is 19.4 Å². The van der Waals surface area contributed by atoms with Crippen molar-refractivity contribution in [3.8, 4) is 0 Å². The molecule has 1 aromatic carbocycles. The van der Waals surface area contributed by atoms with Crippen LogP contribution in [-0.4, -0.2) is 31.2 Å². The second-order valence-corrected chi connectivity index (χ2v) is 7.09. The van der Waals surface area contributed by atoms with Crippen LogP contribution >= 0.6 is 0 Å². The molecule has 6 heteroatoms. The van der Waals surface area contributed by atoms with Crippen molar-refractivity contribution in [2.45, 2.75) is 31.7 Å². The van der Waals surface area contributed by atoms with Gasteiger partial charge < -0.3 is 5.11 Å². The Hall–Kier alpha value is -1.50. The minimum atomic E-state index is -3.68. The molecule has 2 atom stereocenters. The van der Waals surface area contributed by atoms with Gasteiger partial charge in [0.1, 0.15) is 4.90 Å². The van der Waals surface area contributed by atoms with Gasteiger partial charge in [-0.05, 0) is 37.5 Å². The summed E-state index contributed by atoms with van der Waals surface area (Å²) in [5, 5.41) is 9.92. The van der Waals surface area contributed by atoms with Crippen LogP contribution in [0.4, 0.5) is 0 Å². The zero-order chi connectivity index (χ0) is 15.6. The van der Waals surface area contributed by atoms with Gasteiger partial charge in [-0.2, -0.15) is 0 Å². The van der Waals surface area contributed by atoms with E-state index in [0.29, 0.717) is 5.52 Å². The lowest BCUT2D eigenvalue weighted by molar-refractivity contribution is 0.216. The van der Waals surface area contributed by atoms with Crippen molar-refractivity contribution < 1.29 is 13.5 Å². The molecule has 2 aromatic rings. The summed E-state index contributed by atoms with van der Waals surface area (Å²) < 4.78 is 27.7. The van der Waals surface area contributed by atoms with E-state index in [-0.39, 0.29) is 23.5 Å². The number of aromatic nitrogens is 1.